The van der Waals surface area contributed by atoms with Crippen molar-refractivity contribution in [2.24, 2.45) is 5.92 Å². The van der Waals surface area contributed by atoms with Crippen molar-refractivity contribution in [3.8, 4) is 0 Å². The predicted molar refractivity (Wildman–Crippen MR) is 90.8 cm³/mol. The number of amides is 1. The third kappa shape index (κ3) is 3.09. The minimum absolute atomic E-state index is 0.0913. The molecular formula is C16H20N4O3S. The number of hydrogen-bond acceptors (Lipinski definition) is 6. The summed E-state index contributed by atoms with van der Waals surface area (Å²) in [6, 6.07) is 1.86. The average molecular weight is 348 g/mol. The maximum absolute atomic E-state index is 12.2. The Labute approximate surface area is 142 Å². The van der Waals surface area contributed by atoms with Gasteiger partial charge in [-0.15, -0.1) is 11.3 Å². The molecule has 2 fully saturated rings. The van der Waals surface area contributed by atoms with Crippen LogP contribution in [0.2, 0.25) is 0 Å². The maximum atomic E-state index is 12.2. The number of carbonyl (C=O) groups excluding carboxylic acids is 1. The first kappa shape index (κ1) is 15.7. The fourth-order valence-electron chi connectivity index (χ4n) is 3.14. The van der Waals surface area contributed by atoms with Crippen LogP contribution >= 0.6 is 11.3 Å². The Morgan fingerprint density at radius 1 is 1.38 bits per heavy atom. The van der Waals surface area contributed by atoms with Crippen molar-refractivity contribution in [2.75, 3.05) is 26.2 Å². The highest BCUT2D eigenvalue weighted by atomic mass is 32.1. The second-order valence-corrected chi connectivity index (χ2v) is 7.45. The molecule has 1 saturated carbocycles. The molecule has 2 aliphatic rings. The van der Waals surface area contributed by atoms with E-state index in [1.165, 1.54) is 11.3 Å². The molecule has 1 saturated heterocycles. The molecule has 2 N–H and O–H groups in total. The zero-order valence-electron chi connectivity index (χ0n) is 13.3. The summed E-state index contributed by atoms with van der Waals surface area (Å²) in [6.07, 6.45) is 1.09. The molecule has 0 bridgehead atoms. The van der Waals surface area contributed by atoms with E-state index in [-0.39, 0.29) is 17.4 Å². The smallest absolute Gasteiger partial charge is 0.268 e. The van der Waals surface area contributed by atoms with Gasteiger partial charge in [-0.25, -0.2) is 4.98 Å². The summed E-state index contributed by atoms with van der Waals surface area (Å²) in [5, 5.41) is 11.8. The molecule has 4 rings (SSSR count). The summed E-state index contributed by atoms with van der Waals surface area (Å²) in [6.45, 7) is 3.21. The maximum Gasteiger partial charge on any atom is 0.268 e. The van der Waals surface area contributed by atoms with Gasteiger partial charge >= 0.3 is 0 Å². The van der Waals surface area contributed by atoms with Crippen LogP contribution in [0.25, 0.3) is 10.2 Å². The minimum Gasteiger partial charge on any atom is -0.383 e. The largest absolute Gasteiger partial charge is 0.383 e. The van der Waals surface area contributed by atoms with Crippen LogP contribution in [0.5, 0.6) is 0 Å². The van der Waals surface area contributed by atoms with Crippen LogP contribution < -0.4 is 5.56 Å². The number of aliphatic hydroxyl groups excluding tert-OH is 1. The molecule has 1 aliphatic carbocycles. The van der Waals surface area contributed by atoms with Gasteiger partial charge in [-0.3, -0.25) is 14.5 Å². The first-order valence-electron chi connectivity index (χ1n) is 8.27. The molecule has 128 valence electrons. The van der Waals surface area contributed by atoms with Crippen molar-refractivity contribution < 1.29 is 9.90 Å². The van der Waals surface area contributed by atoms with E-state index in [9.17, 15) is 14.7 Å². The van der Waals surface area contributed by atoms with E-state index < -0.39 is 6.10 Å². The number of piperazine rings is 1. The topological polar surface area (TPSA) is 89.5 Å². The summed E-state index contributed by atoms with van der Waals surface area (Å²) in [5.74, 6) is 0.689. The molecule has 2 aromatic heterocycles. The van der Waals surface area contributed by atoms with Crippen molar-refractivity contribution in [2.45, 2.75) is 25.5 Å². The van der Waals surface area contributed by atoms with Gasteiger partial charge in [0.05, 0.1) is 12.1 Å². The second-order valence-electron chi connectivity index (χ2n) is 6.53. The minimum atomic E-state index is -0.824. The Balaban J connectivity index is 1.37. The third-order valence-electron chi connectivity index (χ3n) is 4.74. The van der Waals surface area contributed by atoms with Gasteiger partial charge in [-0.2, -0.15) is 0 Å². The summed E-state index contributed by atoms with van der Waals surface area (Å²) in [5.41, 5.74) is 0.645. The molecule has 2 aromatic rings. The molecule has 0 radical (unpaired) electrons. The number of carbonyl (C=O) groups is 1. The zero-order chi connectivity index (χ0) is 16.7. The van der Waals surface area contributed by atoms with Crippen molar-refractivity contribution in [1.82, 2.24) is 19.8 Å². The summed E-state index contributed by atoms with van der Waals surface area (Å²) in [7, 11) is 0. The number of thiophene rings is 1. The number of rotatable bonds is 4. The second kappa shape index (κ2) is 6.27. The van der Waals surface area contributed by atoms with Gasteiger partial charge in [0.1, 0.15) is 16.6 Å². The number of aromatic nitrogens is 2. The first-order chi connectivity index (χ1) is 11.6. The van der Waals surface area contributed by atoms with Crippen molar-refractivity contribution in [1.29, 1.82) is 0 Å². The summed E-state index contributed by atoms with van der Waals surface area (Å²) < 4.78 is 0.656. The lowest BCUT2D eigenvalue weighted by molar-refractivity contribution is -0.143. The molecule has 1 aliphatic heterocycles. The molecular weight excluding hydrogens is 328 g/mol. The van der Waals surface area contributed by atoms with Gasteiger partial charge in [0, 0.05) is 26.2 Å². The van der Waals surface area contributed by atoms with Crippen molar-refractivity contribution >= 4 is 27.5 Å². The quantitative estimate of drug-likeness (QED) is 0.835. The van der Waals surface area contributed by atoms with E-state index in [1.54, 1.807) is 4.90 Å². The normalized spacial score (nSPS) is 20.5. The summed E-state index contributed by atoms with van der Waals surface area (Å²) >= 11 is 1.39. The van der Waals surface area contributed by atoms with Crippen molar-refractivity contribution in [3.63, 3.8) is 0 Å². The van der Waals surface area contributed by atoms with Crippen LogP contribution in [0.1, 0.15) is 18.7 Å². The fourth-order valence-corrected chi connectivity index (χ4v) is 3.86. The van der Waals surface area contributed by atoms with Crippen LogP contribution in [-0.2, 0) is 11.3 Å². The number of hydrogen-bond donors (Lipinski definition) is 2. The average Bonchev–Trinajstić information content (AvgIpc) is 3.32. The highest BCUT2D eigenvalue weighted by molar-refractivity contribution is 7.17. The number of H-pyrrole nitrogens is 1. The molecule has 1 unspecified atom stereocenters. The molecule has 1 amide bonds. The van der Waals surface area contributed by atoms with Gasteiger partial charge in [-0.1, -0.05) is 0 Å². The van der Waals surface area contributed by atoms with E-state index in [1.807, 2.05) is 11.4 Å². The van der Waals surface area contributed by atoms with Gasteiger partial charge in [0.2, 0.25) is 0 Å². The first-order valence-corrected chi connectivity index (χ1v) is 9.15. The number of nitrogens with zero attached hydrogens (tertiary/aromatic N) is 3. The Bertz CT molecular complexity index is 805. The molecule has 7 nitrogen and oxygen atoms in total. The lowest BCUT2D eigenvalue weighted by atomic mass is 10.2. The predicted octanol–water partition coefficient (Wildman–Crippen LogP) is 0.400. The monoisotopic (exact) mass is 348 g/mol. The zero-order valence-corrected chi connectivity index (χ0v) is 14.1. The van der Waals surface area contributed by atoms with Crippen LogP contribution in [-0.4, -0.2) is 63.1 Å². The Morgan fingerprint density at radius 2 is 2.12 bits per heavy atom. The fraction of sp³-hybridized carbons (Fsp3) is 0.562. The van der Waals surface area contributed by atoms with Crippen LogP contribution in [0, 0.1) is 5.92 Å². The number of fused-ring (bicyclic) bond motifs is 1. The third-order valence-corrected chi connectivity index (χ3v) is 5.65. The lowest BCUT2D eigenvalue weighted by Gasteiger charge is -2.35. The Morgan fingerprint density at radius 3 is 2.83 bits per heavy atom. The highest BCUT2D eigenvalue weighted by Gasteiger charge is 2.37. The lowest BCUT2D eigenvalue weighted by Crippen LogP contribution is -2.51. The van der Waals surface area contributed by atoms with E-state index in [0.29, 0.717) is 43.2 Å². The van der Waals surface area contributed by atoms with Crippen LogP contribution in [0.15, 0.2) is 16.2 Å². The molecule has 0 spiro atoms. The van der Waals surface area contributed by atoms with Crippen molar-refractivity contribution in [3.05, 3.63) is 27.6 Å². The highest BCUT2D eigenvalue weighted by Crippen LogP contribution is 2.33. The van der Waals surface area contributed by atoms with E-state index in [4.69, 9.17) is 0 Å². The van der Waals surface area contributed by atoms with Gasteiger partial charge in [-0.05, 0) is 30.2 Å². The molecule has 8 heteroatoms. The van der Waals surface area contributed by atoms with E-state index in [2.05, 4.69) is 14.9 Å². The Kier molecular flexibility index (Phi) is 4.11. The van der Waals surface area contributed by atoms with Crippen LogP contribution in [0.4, 0.5) is 0 Å². The molecule has 3 heterocycles. The van der Waals surface area contributed by atoms with Gasteiger partial charge in [0.15, 0.2) is 0 Å². The molecule has 24 heavy (non-hydrogen) atoms. The van der Waals surface area contributed by atoms with E-state index >= 15 is 0 Å². The van der Waals surface area contributed by atoms with Gasteiger partial charge < -0.3 is 15.0 Å². The SMILES string of the molecule is O=C(C(O)C1CC1)N1CCN(Cc2nc3ccsc3c(=O)[nH]2)CC1. The van der Waals surface area contributed by atoms with Gasteiger partial charge in [0.25, 0.3) is 11.5 Å². The Hall–Kier alpha value is -1.77. The standard InChI is InChI=1S/C16H20N4O3S/c21-13(10-1-2-10)16(23)20-6-4-19(5-7-20)9-12-17-11-3-8-24-14(11)15(22)18-12/h3,8,10,13,21H,1-2,4-7,9H2,(H,17,18,22). The number of nitrogens with one attached hydrogen (secondary N) is 1. The van der Waals surface area contributed by atoms with E-state index in [0.717, 1.165) is 18.4 Å². The molecule has 1 atom stereocenters. The van der Waals surface area contributed by atoms with Crippen LogP contribution in [0.3, 0.4) is 0 Å². The summed E-state index contributed by atoms with van der Waals surface area (Å²) in [4.78, 5) is 35.5. The number of aliphatic hydroxyl groups is 1. The number of aromatic amines is 1. The molecule has 0 aromatic carbocycles.